The van der Waals surface area contributed by atoms with E-state index in [1.165, 1.54) is 12.1 Å². The highest BCUT2D eigenvalue weighted by Gasteiger charge is 2.23. The summed E-state index contributed by atoms with van der Waals surface area (Å²) in [5.74, 6) is -0.295. The molecule has 2 aromatic rings. The summed E-state index contributed by atoms with van der Waals surface area (Å²) in [6.07, 6.45) is 1.87. The number of benzene rings is 1. The molecule has 20 heavy (non-hydrogen) atoms. The van der Waals surface area contributed by atoms with Crippen molar-refractivity contribution in [1.82, 2.24) is 0 Å². The molecular formula is C18H23FN+. The van der Waals surface area contributed by atoms with E-state index in [9.17, 15) is 4.39 Å². The van der Waals surface area contributed by atoms with Crippen LogP contribution < -0.4 is 4.57 Å². The summed E-state index contributed by atoms with van der Waals surface area (Å²) in [7, 11) is 1.89. The molecule has 2 rings (SSSR count). The molecule has 1 aromatic carbocycles. The van der Waals surface area contributed by atoms with Crippen molar-refractivity contribution in [3.8, 4) is 11.3 Å². The second-order valence-corrected chi connectivity index (χ2v) is 6.31. The predicted molar refractivity (Wildman–Crippen MR) is 81.2 cm³/mol. The predicted octanol–water partition coefficient (Wildman–Crippen LogP) is 4.23. The van der Waals surface area contributed by atoms with Crippen LogP contribution in [-0.2, 0) is 12.5 Å². The van der Waals surface area contributed by atoms with Crippen LogP contribution in [0.15, 0.2) is 30.5 Å². The van der Waals surface area contributed by atoms with Crippen molar-refractivity contribution in [2.45, 2.75) is 40.0 Å². The van der Waals surface area contributed by atoms with Crippen molar-refractivity contribution in [2.24, 2.45) is 7.05 Å². The average Bonchev–Trinajstić information content (AvgIpc) is 2.36. The zero-order chi connectivity index (χ0) is 17.6. The van der Waals surface area contributed by atoms with Crippen molar-refractivity contribution in [3.63, 3.8) is 0 Å². The van der Waals surface area contributed by atoms with Gasteiger partial charge in [0.2, 0.25) is 5.69 Å². The fraction of sp³-hybridized carbons (Fsp3) is 0.389. The highest BCUT2D eigenvalue weighted by molar-refractivity contribution is 5.61. The highest BCUT2D eigenvalue weighted by atomic mass is 19.1. The molecule has 0 fully saturated rings. The molecule has 0 spiro atoms. The maximum absolute atomic E-state index is 13.4. The minimum absolute atomic E-state index is 0.280. The van der Waals surface area contributed by atoms with Crippen LogP contribution in [0.25, 0.3) is 11.3 Å². The van der Waals surface area contributed by atoms with Gasteiger partial charge in [-0.3, -0.25) is 0 Å². The molecule has 0 aliphatic heterocycles. The van der Waals surface area contributed by atoms with Gasteiger partial charge in [-0.25, -0.2) is 8.96 Å². The number of aromatic nitrogens is 1. The quantitative estimate of drug-likeness (QED) is 0.686. The van der Waals surface area contributed by atoms with E-state index in [2.05, 4.69) is 0 Å². The Morgan fingerprint density at radius 1 is 1.15 bits per heavy atom. The smallest absolute Gasteiger partial charge is 0.207 e. The van der Waals surface area contributed by atoms with Gasteiger partial charge in [0.05, 0.1) is 0 Å². The second kappa shape index (κ2) is 5.01. The Bertz CT molecular complexity index is 743. The molecule has 0 aliphatic carbocycles. The van der Waals surface area contributed by atoms with Gasteiger partial charge in [-0.15, -0.1) is 0 Å². The first-order valence-electron chi connectivity index (χ1n) is 8.22. The Hall–Kier alpha value is -1.70. The molecule has 0 saturated heterocycles. The van der Waals surface area contributed by atoms with Crippen LogP contribution >= 0.6 is 0 Å². The van der Waals surface area contributed by atoms with Crippen molar-refractivity contribution < 1.29 is 13.1 Å². The molecule has 106 valence electrons. The Kier molecular flexibility index (Phi) is 2.76. The van der Waals surface area contributed by atoms with E-state index in [4.69, 9.17) is 4.11 Å². The lowest BCUT2D eigenvalue weighted by atomic mass is 9.84. The molecule has 0 N–H and O–H groups in total. The molecule has 0 unspecified atom stereocenters. The van der Waals surface area contributed by atoms with Crippen LogP contribution in [0.2, 0.25) is 0 Å². The van der Waals surface area contributed by atoms with Gasteiger partial charge in [0, 0.05) is 21.3 Å². The van der Waals surface area contributed by atoms with Crippen molar-refractivity contribution in [3.05, 3.63) is 53.0 Å². The molecule has 1 heterocycles. The summed E-state index contributed by atoms with van der Waals surface area (Å²) < 4.78 is 38.9. The Balaban J connectivity index is 2.77. The lowest BCUT2D eigenvalue weighted by Gasteiger charge is -2.20. The van der Waals surface area contributed by atoms with Crippen LogP contribution in [0.1, 0.15) is 41.6 Å². The van der Waals surface area contributed by atoms with E-state index in [1.807, 2.05) is 45.5 Å². The topological polar surface area (TPSA) is 3.88 Å². The van der Waals surface area contributed by atoms with Gasteiger partial charge in [-0.05, 0) is 48.5 Å². The number of hydrogen-bond acceptors (Lipinski definition) is 0. The average molecular weight is 275 g/mol. The van der Waals surface area contributed by atoms with Gasteiger partial charge in [0.25, 0.3) is 0 Å². The SMILES string of the molecule is [2H]C([2H])([2H])c1cc(-c2ccc(F)cc2C)[n+](C)cc1C(C)(C)C. The van der Waals surface area contributed by atoms with Crippen LogP contribution in [-0.4, -0.2) is 0 Å². The number of nitrogens with zero attached hydrogens (tertiary/aromatic N) is 1. The van der Waals surface area contributed by atoms with E-state index >= 15 is 0 Å². The van der Waals surface area contributed by atoms with Gasteiger partial charge in [-0.2, -0.15) is 0 Å². The normalized spacial score (nSPS) is 14.6. The molecular weight excluding hydrogens is 249 g/mol. The standard InChI is InChI=1S/C18H23FN/c1-12-9-14(19)7-8-15(12)17-10-13(2)16(11-20(17)6)18(3,4)5/h7-11H,1-6H3/q+1/i2D3. The third-order valence-electron chi connectivity index (χ3n) is 3.55. The third-order valence-corrected chi connectivity index (χ3v) is 3.55. The zero-order valence-corrected chi connectivity index (χ0v) is 12.7. The fourth-order valence-electron chi connectivity index (χ4n) is 2.43. The molecule has 0 bridgehead atoms. The van der Waals surface area contributed by atoms with E-state index in [1.54, 1.807) is 12.1 Å². The van der Waals surface area contributed by atoms with Gasteiger partial charge in [0.1, 0.15) is 12.9 Å². The zero-order valence-electron chi connectivity index (χ0n) is 15.7. The summed E-state index contributed by atoms with van der Waals surface area (Å²) >= 11 is 0. The molecule has 0 amide bonds. The van der Waals surface area contributed by atoms with Crippen LogP contribution in [0, 0.1) is 19.6 Å². The lowest BCUT2D eigenvalue weighted by Crippen LogP contribution is -2.34. The number of pyridine rings is 1. The molecule has 0 aliphatic rings. The summed E-state index contributed by atoms with van der Waals surface area (Å²) in [6, 6.07) is 6.27. The van der Waals surface area contributed by atoms with Gasteiger partial charge in [-0.1, -0.05) is 20.8 Å². The van der Waals surface area contributed by atoms with E-state index in [0.29, 0.717) is 5.56 Å². The first kappa shape index (κ1) is 11.0. The third kappa shape index (κ3) is 2.74. The molecule has 1 nitrogen and oxygen atoms in total. The summed E-state index contributed by atoms with van der Waals surface area (Å²) in [4.78, 5) is 0. The Morgan fingerprint density at radius 2 is 1.85 bits per heavy atom. The molecule has 2 heteroatoms. The van der Waals surface area contributed by atoms with E-state index < -0.39 is 6.85 Å². The van der Waals surface area contributed by atoms with Gasteiger partial charge >= 0.3 is 0 Å². The first-order valence-corrected chi connectivity index (χ1v) is 6.72. The fourth-order valence-corrected chi connectivity index (χ4v) is 2.43. The van der Waals surface area contributed by atoms with Crippen LogP contribution in [0.3, 0.4) is 0 Å². The minimum Gasteiger partial charge on any atom is -0.207 e. The number of rotatable bonds is 1. The first-order chi connectivity index (χ1) is 10.4. The van der Waals surface area contributed by atoms with Crippen molar-refractivity contribution >= 4 is 0 Å². The summed E-state index contributed by atoms with van der Waals surface area (Å²) in [5, 5.41) is 0. The summed E-state index contributed by atoms with van der Waals surface area (Å²) in [5.41, 5.74) is 3.24. The highest BCUT2D eigenvalue weighted by Crippen LogP contribution is 2.28. The van der Waals surface area contributed by atoms with Crippen molar-refractivity contribution in [2.75, 3.05) is 0 Å². The van der Waals surface area contributed by atoms with Gasteiger partial charge < -0.3 is 0 Å². The molecule has 0 atom stereocenters. The van der Waals surface area contributed by atoms with Crippen LogP contribution in [0.4, 0.5) is 4.39 Å². The monoisotopic (exact) mass is 275 g/mol. The van der Waals surface area contributed by atoms with Crippen molar-refractivity contribution in [1.29, 1.82) is 0 Å². The second-order valence-electron chi connectivity index (χ2n) is 6.31. The van der Waals surface area contributed by atoms with E-state index in [-0.39, 0.29) is 11.2 Å². The molecule has 0 radical (unpaired) electrons. The van der Waals surface area contributed by atoms with Gasteiger partial charge in [0.15, 0.2) is 6.20 Å². The van der Waals surface area contributed by atoms with Crippen LogP contribution in [0.5, 0.6) is 0 Å². The minimum atomic E-state index is -2.19. The number of hydrogen-bond donors (Lipinski definition) is 0. The summed E-state index contributed by atoms with van der Waals surface area (Å²) in [6.45, 7) is 5.63. The molecule has 0 saturated carbocycles. The maximum atomic E-state index is 13.4. The lowest BCUT2D eigenvalue weighted by molar-refractivity contribution is -0.661. The maximum Gasteiger partial charge on any atom is 0.212 e. The van der Waals surface area contributed by atoms with E-state index in [0.717, 1.165) is 22.4 Å². The Morgan fingerprint density at radius 3 is 2.40 bits per heavy atom. The number of aryl methyl sites for hydroxylation is 3. The Labute approximate surface area is 125 Å². The largest absolute Gasteiger partial charge is 0.212 e. The molecule has 1 aromatic heterocycles. The number of halogens is 1.